The van der Waals surface area contributed by atoms with Gasteiger partial charge in [0, 0.05) is 26.3 Å². The van der Waals surface area contributed by atoms with E-state index >= 15 is 0 Å². The SMILES string of the molecule is CNc1nc(Nc2ccc(C(=O)N3CC(CO)(CO)C3)c3c2OCCO3)nc2[nH]cc(C#N)c12. The van der Waals surface area contributed by atoms with Gasteiger partial charge in [0.25, 0.3) is 5.91 Å². The number of nitrogens with zero attached hydrogens (tertiary/aromatic N) is 4. The summed E-state index contributed by atoms with van der Waals surface area (Å²) in [5, 5.41) is 35.0. The van der Waals surface area contributed by atoms with Crippen molar-refractivity contribution in [3.05, 3.63) is 29.5 Å². The Bertz CT molecular complexity index is 1300. The fraction of sp³-hybridized carbons (Fsp3) is 0.364. The topological polar surface area (TPSA) is 169 Å². The minimum absolute atomic E-state index is 0.191. The van der Waals surface area contributed by atoms with Gasteiger partial charge in [-0.2, -0.15) is 15.2 Å². The zero-order valence-corrected chi connectivity index (χ0v) is 18.4. The summed E-state index contributed by atoms with van der Waals surface area (Å²) in [6.07, 6.45) is 1.57. The average molecular weight is 465 g/mol. The Balaban J connectivity index is 1.46. The first-order chi connectivity index (χ1) is 16.5. The summed E-state index contributed by atoms with van der Waals surface area (Å²) in [5.74, 6) is 1.16. The molecule has 0 unspecified atom stereocenters. The fourth-order valence-electron chi connectivity index (χ4n) is 4.21. The van der Waals surface area contributed by atoms with Gasteiger partial charge in [-0.3, -0.25) is 4.79 Å². The van der Waals surface area contributed by atoms with Crippen molar-refractivity contribution in [1.82, 2.24) is 19.9 Å². The van der Waals surface area contributed by atoms with Crippen LogP contribution in [0, 0.1) is 16.7 Å². The number of carbonyl (C=O) groups is 1. The number of aliphatic hydroxyl groups excluding tert-OH is 2. The van der Waals surface area contributed by atoms with Crippen LogP contribution in [0.3, 0.4) is 0 Å². The smallest absolute Gasteiger partial charge is 0.257 e. The van der Waals surface area contributed by atoms with Gasteiger partial charge >= 0.3 is 0 Å². The van der Waals surface area contributed by atoms with Crippen molar-refractivity contribution < 1.29 is 24.5 Å². The summed E-state index contributed by atoms with van der Waals surface area (Å²) >= 11 is 0. The summed E-state index contributed by atoms with van der Waals surface area (Å²) in [6.45, 7) is 0.740. The van der Waals surface area contributed by atoms with E-state index in [1.54, 1.807) is 30.3 Å². The van der Waals surface area contributed by atoms with Crippen LogP contribution >= 0.6 is 0 Å². The van der Waals surface area contributed by atoms with E-state index in [1.807, 2.05) is 0 Å². The van der Waals surface area contributed by atoms with Gasteiger partial charge in [0.05, 0.1) is 40.8 Å². The van der Waals surface area contributed by atoms with Crippen LogP contribution in [0.2, 0.25) is 0 Å². The first-order valence-corrected chi connectivity index (χ1v) is 10.7. The van der Waals surface area contributed by atoms with Gasteiger partial charge in [-0.25, -0.2) is 0 Å². The van der Waals surface area contributed by atoms with Crippen molar-refractivity contribution in [3.8, 4) is 17.6 Å². The number of ether oxygens (including phenoxy) is 2. The van der Waals surface area contributed by atoms with Gasteiger partial charge in [0.1, 0.15) is 30.7 Å². The van der Waals surface area contributed by atoms with Crippen molar-refractivity contribution in [2.24, 2.45) is 5.41 Å². The summed E-state index contributed by atoms with van der Waals surface area (Å²) in [6, 6.07) is 5.43. The highest BCUT2D eigenvalue weighted by Gasteiger charge is 2.45. The van der Waals surface area contributed by atoms with E-state index in [4.69, 9.17) is 9.47 Å². The zero-order chi connectivity index (χ0) is 23.9. The van der Waals surface area contributed by atoms with Gasteiger partial charge in [-0.05, 0) is 12.1 Å². The molecule has 0 radical (unpaired) electrons. The third kappa shape index (κ3) is 3.42. The van der Waals surface area contributed by atoms with Crippen LogP contribution < -0.4 is 20.1 Å². The molecule has 0 atom stereocenters. The Morgan fingerprint density at radius 2 is 1.97 bits per heavy atom. The minimum Gasteiger partial charge on any atom is -0.485 e. The molecule has 4 heterocycles. The summed E-state index contributed by atoms with van der Waals surface area (Å²) < 4.78 is 11.6. The van der Waals surface area contributed by atoms with E-state index in [-0.39, 0.29) is 38.2 Å². The number of rotatable bonds is 6. The molecule has 1 aromatic carbocycles. The Hall–Kier alpha value is -4.08. The average Bonchev–Trinajstić information content (AvgIpc) is 3.27. The van der Waals surface area contributed by atoms with E-state index in [1.165, 1.54) is 0 Å². The second kappa shape index (κ2) is 8.36. The Morgan fingerprint density at radius 3 is 2.65 bits per heavy atom. The standard InChI is InChI=1S/C22H23N7O5/c1-24-18-15-12(6-23)7-25-19(15)28-21(27-18)26-14-3-2-13(16-17(14)34-5-4-33-16)20(32)29-8-22(9-29,10-30)11-31/h2-3,7,30-31H,4-5,8-11H2,1H3,(H3,24,25,26,27,28). The second-order valence-electron chi connectivity index (χ2n) is 8.30. The molecule has 34 heavy (non-hydrogen) atoms. The maximum Gasteiger partial charge on any atom is 0.257 e. The number of carbonyl (C=O) groups excluding carboxylic acids is 1. The predicted octanol–water partition coefficient (Wildman–Crippen LogP) is 0.813. The highest BCUT2D eigenvalue weighted by Crippen LogP contribution is 2.43. The monoisotopic (exact) mass is 465 g/mol. The molecule has 1 saturated heterocycles. The fourth-order valence-corrected chi connectivity index (χ4v) is 4.21. The van der Waals surface area contributed by atoms with Crippen LogP contribution in [-0.4, -0.2) is 82.5 Å². The van der Waals surface area contributed by atoms with Gasteiger partial charge < -0.3 is 40.2 Å². The number of likely N-dealkylation sites (tertiary alicyclic amines) is 1. The van der Waals surface area contributed by atoms with Gasteiger partial charge in [-0.1, -0.05) is 0 Å². The molecule has 1 amide bonds. The minimum atomic E-state index is -0.668. The number of aliphatic hydroxyl groups is 2. The molecule has 0 saturated carbocycles. The first kappa shape index (κ1) is 21.7. The lowest BCUT2D eigenvalue weighted by Gasteiger charge is -2.48. The summed E-state index contributed by atoms with van der Waals surface area (Å²) in [4.78, 5) is 26.5. The molecule has 2 aromatic heterocycles. The number of nitrogens with one attached hydrogen (secondary N) is 3. The van der Waals surface area contributed by atoms with Gasteiger partial charge in [-0.15, -0.1) is 0 Å². The molecular formula is C22H23N7O5. The van der Waals surface area contributed by atoms with Crippen molar-refractivity contribution in [1.29, 1.82) is 5.26 Å². The molecule has 176 valence electrons. The van der Waals surface area contributed by atoms with Crippen molar-refractivity contribution in [3.63, 3.8) is 0 Å². The molecule has 5 rings (SSSR count). The number of aromatic nitrogens is 3. The van der Waals surface area contributed by atoms with Crippen molar-refractivity contribution in [2.75, 3.05) is 57.2 Å². The van der Waals surface area contributed by atoms with Crippen molar-refractivity contribution in [2.45, 2.75) is 0 Å². The third-order valence-electron chi connectivity index (χ3n) is 6.06. The molecule has 2 aliphatic heterocycles. The van der Waals surface area contributed by atoms with Gasteiger partial charge in [0.2, 0.25) is 5.95 Å². The molecule has 5 N–H and O–H groups in total. The highest BCUT2D eigenvalue weighted by atomic mass is 16.6. The number of hydrogen-bond acceptors (Lipinski definition) is 10. The lowest BCUT2D eigenvalue weighted by Crippen LogP contribution is -2.62. The number of amides is 1. The predicted molar refractivity (Wildman–Crippen MR) is 121 cm³/mol. The Kier molecular flexibility index (Phi) is 5.35. The molecule has 0 spiro atoms. The first-order valence-electron chi connectivity index (χ1n) is 10.7. The number of fused-ring (bicyclic) bond motifs is 2. The summed E-state index contributed by atoms with van der Waals surface area (Å²) in [7, 11) is 1.71. The van der Waals surface area contributed by atoms with E-state index in [0.29, 0.717) is 58.4 Å². The highest BCUT2D eigenvalue weighted by molar-refractivity contribution is 6.00. The van der Waals surface area contributed by atoms with E-state index in [0.717, 1.165) is 0 Å². The Labute approximate surface area is 194 Å². The largest absolute Gasteiger partial charge is 0.485 e. The van der Waals surface area contributed by atoms with Crippen LogP contribution in [-0.2, 0) is 0 Å². The molecule has 12 nitrogen and oxygen atoms in total. The van der Waals surface area contributed by atoms with Crippen molar-refractivity contribution >= 4 is 34.4 Å². The summed E-state index contributed by atoms with van der Waals surface area (Å²) in [5.41, 5.74) is 1.10. The molecule has 0 bridgehead atoms. The zero-order valence-electron chi connectivity index (χ0n) is 18.4. The van der Waals surface area contributed by atoms with E-state index in [9.17, 15) is 20.3 Å². The number of hydrogen-bond donors (Lipinski definition) is 5. The lowest BCUT2D eigenvalue weighted by molar-refractivity contribution is -0.0590. The number of anilines is 3. The lowest BCUT2D eigenvalue weighted by atomic mass is 9.81. The van der Waals surface area contributed by atoms with Crippen LogP contribution in [0.1, 0.15) is 15.9 Å². The molecule has 12 heteroatoms. The molecule has 1 fully saturated rings. The third-order valence-corrected chi connectivity index (χ3v) is 6.06. The molecule has 2 aliphatic rings. The van der Waals surface area contributed by atoms with Crippen LogP contribution in [0.25, 0.3) is 11.0 Å². The number of H-pyrrole nitrogens is 1. The second-order valence-corrected chi connectivity index (χ2v) is 8.30. The van der Waals surface area contributed by atoms with Crippen LogP contribution in [0.5, 0.6) is 11.5 Å². The number of nitriles is 1. The van der Waals surface area contributed by atoms with E-state index in [2.05, 4.69) is 31.7 Å². The maximum atomic E-state index is 13.1. The van der Waals surface area contributed by atoms with Crippen LogP contribution in [0.15, 0.2) is 18.3 Å². The maximum absolute atomic E-state index is 13.1. The molecule has 3 aromatic rings. The number of aromatic amines is 1. The van der Waals surface area contributed by atoms with E-state index < -0.39 is 5.41 Å². The molecule has 0 aliphatic carbocycles. The normalized spacial score (nSPS) is 16.0. The Morgan fingerprint density at radius 1 is 1.24 bits per heavy atom. The number of benzene rings is 1. The van der Waals surface area contributed by atoms with Gasteiger partial charge in [0.15, 0.2) is 11.5 Å². The molecular weight excluding hydrogens is 442 g/mol. The van der Waals surface area contributed by atoms with Crippen LogP contribution in [0.4, 0.5) is 17.5 Å². The quantitative estimate of drug-likeness (QED) is 0.351.